The van der Waals surface area contributed by atoms with Gasteiger partial charge in [0.25, 0.3) is 5.91 Å². The van der Waals surface area contributed by atoms with Crippen molar-refractivity contribution in [2.24, 2.45) is 0 Å². The molecule has 0 radical (unpaired) electrons. The van der Waals surface area contributed by atoms with Gasteiger partial charge in [-0.3, -0.25) is 9.59 Å². The summed E-state index contributed by atoms with van der Waals surface area (Å²) in [6, 6.07) is 15.3. The number of benzene rings is 2. The number of ketones is 1. The van der Waals surface area contributed by atoms with Crippen molar-refractivity contribution >= 4 is 23.1 Å². The summed E-state index contributed by atoms with van der Waals surface area (Å²) in [7, 11) is 0. The molecule has 0 spiro atoms. The number of hydrogen-bond donors (Lipinski definition) is 3. The second kappa shape index (κ2) is 5.70. The van der Waals surface area contributed by atoms with Crippen molar-refractivity contribution in [1.82, 2.24) is 0 Å². The second-order valence-corrected chi connectivity index (χ2v) is 5.40. The molecular formula is C18H15NO4. The third kappa shape index (κ3) is 2.74. The molecule has 1 amide bonds. The van der Waals surface area contributed by atoms with Crippen LogP contribution in [0.3, 0.4) is 0 Å². The summed E-state index contributed by atoms with van der Waals surface area (Å²) < 4.78 is 0. The van der Waals surface area contributed by atoms with Gasteiger partial charge in [0.05, 0.1) is 6.42 Å². The molecular weight excluding hydrogens is 294 g/mol. The van der Waals surface area contributed by atoms with Crippen molar-refractivity contribution in [2.45, 2.75) is 12.0 Å². The average molecular weight is 309 g/mol. The Bertz CT molecular complexity index is 798. The Kier molecular flexibility index (Phi) is 3.72. The summed E-state index contributed by atoms with van der Waals surface area (Å²) in [5.74, 6) is -1.38. The van der Waals surface area contributed by atoms with Crippen LogP contribution in [-0.4, -0.2) is 21.9 Å². The van der Waals surface area contributed by atoms with E-state index in [1.165, 1.54) is 0 Å². The van der Waals surface area contributed by atoms with E-state index in [0.29, 0.717) is 16.8 Å². The molecule has 23 heavy (non-hydrogen) atoms. The normalized spacial score (nSPS) is 20.0. The molecule has 3 N–H and O–H groups in total. The predicted molar refractivity (Wildman–Crippen MR) is 85.6 cm³/mol. The molecule has 1 aliphatic rings. The van der Waals surface area contributed by atoms with Crippen molar-refractivity contribution in [3.05, 3.63) is 71.8 Å². The Balaban J connectivity index is 1.84. The number of anilines is 1. The van der Waals surface area contributed by atoms with E-state index in [1.807, 2.05) is 0 Å². The van der Waals surface area contributed by atoms with Crippen LogP contribution in [-0.2, 0) is 15.2 Å². The van der Waals surface area contributed by atoms with E-state index >= 15 is 0 Å². The lowest BCUT2D eigenvalue weighted by atomic mass is 9.89. The topological polar surface area (TPSA) is 86.6 Å². The Morgan fingerprint density at radius 1 is 1.09 bits per heavy atom. The van der Waals surface area contributed by atoms with E-state index in [0.717, 1.165) is 6.08 Å². The molecule has 1 aliphatic heterocycles. The predicted octanol–water partition coefficient (Wildman–Crippen LogP) is 2.38. The van der Waals surface area contributed by atoms with E-state index in [1.54, 1.807) is 54.6 Å². The molecule has 0 saturated heterocycles. The monoisotopic (exact) mass is 309 g/mol. The highest BCUT2D eigenvalue weighted by atomic mass is 16.3. The van der Waals surface area contributed by atoms with Crippen LogP contribution < -0.4 is 5.32 Å². The SMILES string of the molecule is O=C(/C=C(\O)c1ccccc1)CC1(O)C(=O)Nc2ccccc21. The fourth-order valence-corrected chi connectivity index (χ4v) is 2.62. The largest absolute Gasteiger partial charge is 0.507 e. The van der Waals surface area contributed by atoms with Crippen LogP contribution in [0.2, 0.25) is 0 Å². The number of aliphatic hydroxyl groups excluding tert-OH is 1. The first-order valence-corrected chi connectivity index (χ1v) is 7.13. The van der Waals surface area contributed by atoms with Gasteiger partial charge in [0.15, 0.2) is 11.4 Å². The first-order chi connectivity index (χ1) is 11.0. The first kappa shape index (κ1) is 15.0. The number of amides is 1. The molecule has 1 unspecified atom stereocenters. The van der Waals surface area contributed by atoms with Crippen molar-refractivity contribution in [3.8, 4) is 0 Å². The number of allylic oxidation sites excluding steroid dienone is 1. The van der Waals surface area contributed by atoms with Crippen LogP contribution >= 0.6 is 0 Å². The van der Waals surface area contributed by atoms with Gasteiger partial charge in [-0.25, -0.2) is 0 Å². The number of para-hydroxylation sites is 1. The summed E-state index contributed by atoms with van der Waals surface area (Å²) in [5, 5.41) is 23.1. The maximum atomic E-state index is 12.2. The fourth-order valence-electron chi connectivity index (χ4n) is 2.62. The summed E-state index contributed by atoms with van der Waals surface area (Å²) in [5.41, 5.74) is -0.569. The average Bonchev–Trinajstić information content (AvgIpc) is 2.79. The van der Waals surface area contributed by atoms with Crippen molar-refractivity contribution in [1.29, 1.82) is 0 Å². The summed E-state index contributed by atoms with van der Waals surface area (Å²) in [6.07, 6.45) is 0.592. The summed E-state index contributed by atoms with van der Waals surface area (Å²) in [4.78, 5) is 24.2. The van der Waals surface area contributed by atoms with E-state index in [-0.39, 0.29) is 5.76 Å². The zero-order valence-electron chi connectivity index (χ0n) is 12.2. The standard InChI is InChI=1S/C18H15NO4/c20-13(10-16(21)12-6-2-1-3-7-12)11-18(23)14-8-4-5-9-15(14)19-17(18)22/h1-10,21,23H,11H2,(H,19,22)/b16-10-. The van der Waals surface area contributed by atoms with Crippen LogP contribution in [0.4, 0.5) is 5.69 Å². The minimum Gasteiger partial charge on any atom is -0.507 e. The van der Waals surface area contributed by atoms with Gasteiger partial charge in [0.1, 0.15) is 5.76 Å². The molecule has 2 aromatic carbocycles. The van der Waals surface area contributed by atoms with Crippen LogP contribution in [0.15, 0.2) is 60.7 Å². The number of fused-ring (bicyclic) bond motifs is 1. The van der Waals surface area contributed by atoms with Gasteiger partial charge in [-0.1, -0.05) is 48.5 Å². The third-order valence-electron chi connectivity index (χ3n) is 3.79. The highest BCUT2D eigenvalue weighted by molar-refractivity contribution is 6.09. The molecule has 0 aromatic heterocycles. The number of aliphatic hydroxyl groups is 2. The number of rotatable bonds is 4. The molecule has 1 atom stereocenters. The van der Waals surface area contributed by atoms with Crippen molar-refractivity contribution < 1.29 is 19.8 Å². The lowest BCUT2D eigenvalue weighted by Gasteiger charge is -2.19. The van der Waals surface area contributed by atoms with Crippen LogP contribution in [0.1, 0.15) is 17.5 Å². The van der Waals surface area contributed by atoms with E-state index in [9.17, 15) is 19.8 Å². The molecule has 116 valence electrons. The maximum Gasteiger partial charge on any atom is 0.261 e. The summed E-state index contributed by atoms with van der Waals surface area (Å²) in [6.45, 7) is 0. The number of carbonyl (C=O) groups excluding carboxylic acids is 2. The minimum atomic E-state index is -1.92. The highest BCUT2D eigenvalue weighted by Gasteiger charge is 2.46. The molecule has 5 heteroatoms. The van der Waals surface area contributed by atoms with E-state index in [4.69, 9.17) is 0 Å². The lowest BCUT2D eigenvalue weighted by molar-refractivity contribution is -0.138. The number of hydrogen-bond acceptors (Lipinski definition) is 4. The lowest BCUT2D eigenvalue weighted by Crippen LogP contribution is -2.36. The van der Waals surface area contributed by atoms with Gasteiger partial charge in [-0.15, -0.1) is 0 Å². The molecule has 1 heterocycles. The molecule has 0 bridgehead atoms. The molecule has 0 fully saturated rings. The minimum absolute atomic E-state index is 0.203. The quantitative estimate of drug-likeness (QED) is 0.598. The Hall–Kier alpha value is -2.92. The number of nitrogens with one attached hydrogen (secondary N) is 1. The van der Waals surface area contributed by atoms with Gasteiger partial charge in [-0.05, 0) is 6.07 Å². The molecule has 2 aromatic rings. The van der Waals surface area contributed by atoms with Gasteiger partial charge in [0.2, 0.25) is 0 Å². The molecule has 3 rings (SSSR count). The number of carbonyl (C=O) groups is 2. The molecule has 5 nitrogen and oxygen atoms in total. The zero-order chi connectivity index (χ0) is 16.4. The molecule has 0 saturated carbocycles. The smallest absolute Gasteiger partial charge is 0.261 e. The van der Waals surface area contributed by atoms with Crippen molar-refractivity contribution in [3.63, 3.8) is 0 Å². The fraction of sp³-hybridized carbons (Fsp3) is 0.111. The highest BCUT2D eigenvalue weighted by Crippen LogP contribution is 2.38. The molecule has 0 aliphatic carbocycles. The van der Waals surface area contributed by atoms with Crippen molar-refractivity contribution in [2.75, 3.05) is 5.32 Å². The van der Waals surface area contributed by atoms with E-state index < -0.39 is 23.7 Å². The van der Waals surface area contributed by atoms with Crippen LogP contribution in [0.25, 0.3) is 5.76 Å². The van der Waals surface area contributed by atoms with E-state index in [2.05, 4.69) is 5.32 Å². The maximum absolute atomic E-state index is 12.2. The second-order valence-electron chi connectivity index (χ2n) is 5.40. The van der Waals surface area contributed by atoms with Gasteiger partial charge in [-0.2, -0.15) is 0 Å². The third-order valence-corrected chi connectivity index (χ3v) is 3.79. The zero-order valence-corrected chi connectivity index (χ0v) is 12.2. The van der Waals surface area contributed by atoms with Gasteiger partial charge < -0.3 is 15.5 Å². The Morgan fingerprint density at radius 3 is 2.48 bits per heavy atom. The van der Waals surface area contributed by atoms with Gasteiger partial charge >= 0.3 is 0 Å². The van der Waals surface area contributed by atoms with Crippen LogP contribution in [0.5, 0.6) is 0 Å². The summed E-state index contributed by atoms with van der Waals surface area (Å²) >= 11 is 0. The Labute approximate surface area is 132 Å². The van der Waals surface area contributed by atoms with Crippen LogP contribution in [0, 0.1) is 0 Å². The first-order valence-electron chi connectivity index (χ1n) is 7.13. The van der Waals surface area contributed by atoms with Gasteiger partial charge in [0, 0.05) is 22.9 Å². The Morgan fingerprint density at radius 2 is 1.74 bits per heavy atom.